The van der Waals surface area contributed by atoms with Crippen LogP contribution in [0.4, 0.5) is 14.5 Å². The highest BCUT2D eigenvalue weighted by Gasteiger charge is 2.50. The Balaban J connectivity index is 1.24. The number of alkyl halides is 2. The number of rotatable bonds is 3. The van der Waals surface area contributed by atoms with Crippen molar-refractivity contribution in [1.82, 2.24) is 14.5 Å². The summed E-state index contributed by atoms with van der Waals surface area (Å²) in [7, 11) is -2.26. The van der Waals surface area contributed by atoms with Crippen molar-refractivity contribution in [2.24, 2.45) is 17.8 Å². The lowest BCUT2D eigenvalue weighted by atomic mass is 9.63. The molecule has 4 heterocycles. The maximum atomic E-state index is 14.6. The Hall–Kier alpha value is -2.77. The molecule has 1 saturated carbocycles. The van der Waals surface area contributed by atoms with Gasteiger partial charge < -0.3 is 14.4 Å². The van der Waals surface area contributed by atoms with Crippen molar-refractivity contribution in [2.75, 3.05) is 57.8 Å². The van der Waals surface area contributed by atoms with Crippen LogP contribution in [0.2, 0.25) is 5.02 Å². The van der Waals surface area contributed by atoms with Gasteiger partial charge in [0.25, 0.3) is 11.8 Å². The molecule has 0 radical (unpaired) electrons. The molecular formula is C41H55ClF2N4O5S. The van der Waals surface area contributed by atoms with E-state index in [1.165, 1.54) is 0 Å². The van der Waals surface area contributed by atoms with Gasteiger partial charge in [0.15, 0.2) is 0 Å². The summed E-state index contributed by atoms with van der Waals surface area (Å²) in [6.45, 7) is 8.32. The number of allylic oxidation sites excluding steroid dienone is 1. The highest BCUT2D eigenvalue weighted by atomic mass is 35.5. The molecule has 54 heavy (non-hydrogen) atoms. The van der Waals surface area contributed by atoms with Crippen LogP contribution >= 0.6 is 11.6 Å². The minimum Gasteiger partial charge on any atom is -0.487 e. The summed E-state index contributed by atoms with van der Waals surface area (Å²) in [5.74, 6) is -2.61. The van der Waals surface area contributed by atoms with Gasteiger partial charge in [0, 0.05) is 82.4 Å². The number of nitrogens with one attached hydrogen (secondary N) is 1. The molecule has 1 amide bonds. The number of benzene rings is 2. The van der Waals surface area contributed by atoms with Gasteiger partial charge in [-0.05, 0) is 105 Å². The van der Waals surface area contributed by atoms with Crippen LogP contribution in [-0.4, -0.2) is 99.9 Å². The molecule has 0 unspecified atom stereocenters. The van der Waals surface area contributed by atoms with Crippen molar-refractivity contribution < 1.29 is 31.5 Å². The second-order valence-corrected chi connectivity index (χ2v) is 18.9. The second-order valence-electron chi connectivity index (χ2n) is 16.4. The molecule has 2 aromatic carbocycles. The van der Waals surface area contributed by atoms with Crippen molar-refractivity contribution in [2.45, 2.75) is 94.6 Å². The maximum absolute atomic E-state index is 14.6. The number of sulfonamides is 1. The largest absolute Gasteiger partial charge is 0.487 e. The second kappa shape index (κ2) is 16.0. The van der Waals surface area contributed by atoms with E-state index in [-0.39, 0.29) is 42.2 Å². The van der Waals surface area contributed by atoms with Crippen LogP contribution in [0.3, 0.4) is 0 Å². The molecule has 1 N–H and O–H groups in total. The fourth-order valence-corrected chi connectivity index (χ4v) is 10.8. The first-order chi connectivity index (χ1) is 25.8. The van der Waals surface area contributed by atoms with Gasteiger partial charge in [0.05, 0.1) is 10.9 Å². The number of carbonyl (C=O) groups excluding carboxylic acids is 1. The quantitative estimate of drug-likeness (QED) is 0.335. The fraction of sp³-hybridized carbons (Fsp3) is 0.634. The summed E-state index contributed by atoms with van der Waals surface area (Å²) >= 11 is 6.39. The molecule has 4 aliphatic heterocycles. The molecule has 5 aliphatic rings. The molecule has 13 heteroatoms. The van der Waals surface area contributed by atoms with Crippen LogP contribution in [0.5, 0.6) is 5.75 Å². The predicted molar refractivity (Wildman–Crippen MR) is 208 cm³/mol. The Morgan fingerprint density at radius 1 is 1.02 bits per heavy atom. The summed E-state index contributed by atoms with van der Waals surface area (Å²) in [5, 5.41) is -0.156. The van der Waals surface area contributed by atoms with E-state index < -0.39 is 32.7 Å². The molecule has 2 bridgehead atoms. The van der Waals surface area contributed by atoms with E-state index in [1.54, 1.807) is 32.2 Å². The summed E-state index contributed by atoms with van der Waals surface area (Å²) in [5.41, 5.74) is 2.51. The van der Waals surface area contributed by atoms with Crippen LogP contribution in [0.1, 0.15) is 80.3 Å². The third-order valence-corrected chi connectivity index (χ3v) is 15.2. The van der Waals surface area contributed by atoms with Crippen molar-refractivity contribution in [3.05, 3.63) is 70.3 Å². The number of ether oxygens (including phenoxy) is 2. The Bertz CT molecular complexity index is 1830. The average Bonchev–Trinajstić information content (AvgIpc) is 3.14. The fourth-order valence-electron chi connectivity index (χ4n) is 9.32. The van der Waals surface area contributed by atoms with Crippen LogP contribution < -0.4 is 14.4 Å². The van der Waals surface area contributed by atoms with E-state index in [2.05, 4.69) is 25.5 Å². The number of aryl methyl sites for hydroxylation is 1. The average molecular weight is 789 g/mol. The Morgan fingerprint density at radius 3 is 2.63 bits per heavy atom. The molecular weight excluding hydrogens is 734 g/mol. The highest BCUT2D eigenvalue weighted by Crippen LogP contribution is 2.47. The number of nitrogens with zero attached hydrogens (tertiary/aromatic N) is 3. The van der Waals surface area contributed by atoms with Crippen molar-refractivity contribution in [3.63, 3.8) is 0 Å². The first-order valence-corrected chi connectivity index (χ1v) is 21.6. The zero-order chi connectivity index (χ0) is 38.3. The van der Waals surface area contributed by atoms with E-state index in [0.29, 0.717) is 56.5 Å². The number of piperazine rings is 1. The van der Waals surface area contributed by atoms with Crippen molar-refractivity contribution >= 4 is 33.2 Å². The molecule has 2 aromatic rings. The molecule has 2 saturated heterocycles. The molecule has 6 atom stereocenters. The number of fused-ring (bicyclic) bond motifs is 4. The summed E-state index contributed by atoms with van der Waals surface area (Å²) in [4.78, 5) is 20.4. The Labute approximate surface area is 324 Å². The van der Waals surface area contributed by atoms with E-state index in [0.717, 1.165) is 62.0 Å². The lowest BCUT2D eigenvalue weighted by molar-refractivity contribution is -0.119. The van der Waals surface area contributed by atoms with Crippen LogP contribution in [0.15, 0.2) is 48.6 Å². The molecule has 1 aliphatic carbocycles. The summed E-state index contributed by atoms with van der Waals surface area (Å²) in [6.07, 6.45) is 9.05. The summed E-state index contributed by atoms with van der Waals surface area (Å²) in [6, 6.07) is 10.9. The highest BCUT2D eigenvalue weighted by molar-refractivity contribution is 7.90. The van der Waals surface area contributed by atoms with Gasteiger partial charge in [-0.25, -0.2) is 21.9 Å². The number of carbonyl (C=O) groups is 1. The molecule has 0 aromatic heterocycles. The molecule has 7 rings (SSSR count). The van der Waals surface area contributed by atoms with Gasteiger partial charge in [-0.3, -0.25) is 14.6 Å². The van der Waals surface area contributed by atoms with Gasteiger partial charge in [-0.15, -0.1) is 0 Å². The molecule has 0 spiro atoms. The van der Waals surface area contributed by atoms with E-state index in [1.807, 2.05) is 31.2 Å². The zero-order valence-corrected chi connectivity index (χ0v) is 33.3. The Kier molecular flexibility index (Phi) is 11.7. The van der Waals surface area contributed by atoms with Crippen LogP contribution in [0.25, 0.3) is 0 Å². The first kappa shape index (κ1) is 39.5. The number of amides is 1. The number of anilines is 1. The molecule has 3 fully saturated rings. The number of methoxy groups -OCH3 is 1. The number of hydrogen-bond donors (Lipinski definition) is 1. The van der Waals surface area contributed by atoms with Crippen LogP contribution in [-0.2, 0) is 27.8 Å². The predicted octanol–water partition coefficient (Wildman–Crippen LogP) is 6.93. The summed E-state index contributed by atoms with van der Waals surface area (Å²) < 4.78 is 71.8. The first-order valence-electron chi connectivity index (χ1n) is 19.7. The third-order valence-electron chi connectivity index (χ3n) is 13.0. The van der Waals surface area contributed by atoms with E-state index >= 15 is 0 Å². The number of piperidine rings is 1. The molecule has 9 nitrogen and oxygen atoms in total. The smallest absolute Gasteiger partial charge is 0.264 e. The monoisotopic (exact) mass is 788 g/mol. The lowest BCUT2D eigenvalue weighted by Crippen LogP contribution is -2.62. The normalized spacial score (nSPS) is 32.7. The van der Waals surface area contributed by atoms with Gasteiger partial charge in [-0.2, -0.15) is 0 Å². The van der Waals surface area contributed by atoms with E-state index in [4.69, 9.17) is 21.1 Å². The van der Waals surface area contributed by atoms with Gasteiger partial charge in [-0.1, -0.05) is 36.7 Å². The lowest BCUT2D eigenvalue weighted by Gasteiger charge is -2.53. The standard InChI is InChI=1S/C41H55ClF2N4O5S/c1-28-7-6-15-40(52-3,27-46-19-20-47-18-16-41(43,44)23-35(47)25-46)36-13-10-32(36)24-48-17-5-4-8-30-21-34(42)12-9-33(30)26-53-38-14-11-31(22-37(38)48)39(49)45-54(50,51)29(28)2/h6,9,11-12,14-15,21-22,28-29,32,35-36H,4-5,7-8,10,13,16-20,23-27H2,1-3H3,(H,45,49)/b15-6+/t28-,29+,32-,35+,36+,40+/m0/s1. The molecule has 296 valence electrons. The third kappa shape index (κ3) is 8.48. The van der Waals surface area contributed by atoms with Crippen molar-refractivity contribution in [1.29, 1.82) is 0 Å². The minimum atomic E-state index is -4.02. The number of halogens is 3. The van der Waals surface area contributed by atoms with Crippen LogP contribution in [0, 0.1) is 17.8 Å². The van der Waals surface area contributed by atoms with E-state index in [9.17, 15) is 22.0 Å². The Morgan fingerprint density at radius 2 is 1.85 bits per heavy atom. The van der Waals surface area contributed by atoms with Crippen molar-refractivity contribution in [3.8, 4) is 5.75 Å². The minimum absolute atomic E-state index is 0.0819. The maximum Gasteiger partial charge on any atom is 0.264 e. The topological polar surface area (TPSA) is 91.4 Å². The van der Waals surface area contributed by atoms with Gasteiger partial charge in [0.1, 0.15) is 18.0 Å². The van der Waals surface area contributed by atoms with Gasteiger partial charge in [0.2, 0.25) is 10.0 Å². The number of hydrogen-bond acceptors (Lipinski definition) is 8. The SMILES string of the molecule is CO[C@@]1(CN2CCN3CCC(F)(F)C[C@@H]3C2)/C=C/C[C@H](C)[C@@H](C)S(=O)(=O)NC(=O)c2ccc3c(c2)N(CCCCc2cc(Cl)ccc2CO3)C[C@@H]2CC[C@H]21. The zero-order valence-electron chi connectivity index (χ0n) is 31.7. The van der Waals surface area contributed by atoms with Gasteiger partial charge >= 0.3 is 0 Å².